The van der Waals surface area contributed by atoms with Crippen LogP contribution in [-0.2, 0) is 0 Å². The molecule has 1 aliphatic carbocycles. The van der Waals surface area contributed by atoms with Crippen LogP contribution in [0.15, 0.2) is 29.0 Å². The van der Waals surface area contributed by atoms with Crippen LogP contribution < -0.4 is 0 Å². The third-order valence-corrected chi connectivity index (χ3v) is 3.69. The first kappa shape index (κ1) is 11.4. The monoisotopic (exact) mass is 267 g/mol. The second-order valence-corrected chi connectivity index (χ2v) is 5.15. The van der Waals surface area contributed by atoms with E-state index in [4.69, 9.17) is 4.42 Å². The third-order valence-electron chi connectivity index (χ3n) is 3.69. The van der Waals surface area contributed by atoms with Gasteiger partial charge >= 0.3 is 0 Å². The van der Waals surface area contributed by atoms with E-state index in [9.17, 15) is 4.79 Å². The molecule has 0 aliphatic heterocycles. The average molecular weight is 267 g/mol. The molecule has 100 valence electrons. The molecule has 5 heteroatoms. The second kappa shape index (κ2) is 4.03. The number of carbonyl (C=O) groups excluding carboxylic acids is 1. The van der Waals surface area contributed by atoms with Crippen LogP contribution in [0.2, 0.25) is 0 Å². The maximum atomic E-state index is 11.3. The number of carbonyl (C=O) groups is 1. The largest absolute Gasteiger partial charge is 0.461 e. The van der Waals surface area contributed by atoms with Gasteiger partial charge in [-0.1, -0.05) is 0 Å². The summed E-state index contributed by atoms with van der Waals surface area (Å²) in [6.45, 7) is 1.90. The second-order valence-electron chi connectivity index (χ2n) is 5.15. The zero-order valence-corrected chi connectivity index (χ0v) is 11.0. The minimum atomic E-state index is 0.463. The van der Waals surface area contributed by atoms with Crippen molar-refractivity contribution in [2.45, 2.75) is 25.8 Å². The predicted octanol–water partition coefficient (Wildman–Crippen LogP) is 3.15. The van der Waals surface area contributed by atoms with Crippen LogP contribution in [0.25, 0.3) is 22.6 Å². The van der Waals surface area contributed by atoms with Gasteiger partial charge in [0, 0.05) is 17.8 Å². The lowest BCUT2D eigenvalue weighted by atomic mass is 10.2. The van der Waals surface area contributed by atoms with Crippen molar-refractivity contribution in [2.75, 3.05) is 0 Å². The van der Waals surface area contributed by atoms with E-state index in [1.54, 1.807) is 6.26 Å². The Morgan fingerprint density at radius 1 is 1.40 bits per heavy atom. The number of aryl methyl sites for hydroxylation is 1. The van der Waals surface area contributed by atoms with E-state index in [0.29, 0.717) is 23.2 Å². The predicted molar refractivity (Wildman–Crippen MR) is 73.6 cm³/mol. The molecule has 5 nitrogen and oxygen atoms in total. The van der Waals surface area contributed by atoms with Gasteiger partial charge < -0.3 is 8.98 Å². The van der Waals surface area contributed by atoms with Crippen molar-refractivity contribution in [3.8, 4) is 11.6 Å². The fourth-order valence-corrected chi connectivity index (χ4v) is 2.59. The molecule has 20 heavy (non-hydrogen) atoms. The fourth-order valence-electron chi connectivity index (χ4n) is 2.59. The van der Waals surface area contributed by atoms with Gasteiger partial charge in [0.05, 0.1) is 17.3 Å². The molecule has 3 heterocycles. The zero-order valence-electron chi connectivity index (χ0n) is 11.0. The summed E-state index contributed by atoms with van der Waals surface area (Å²) in [6.07, 6.45) is 6.66. The number of hydrogen-bond donors (Lipinski definition) is 0. The summed E-state index contributed by atoms with van der Waals surface area (Å²) < 4.78 is 7.47. The summed E-state index contributed by atoms with van der Waals surface area (Å²) in [5, 5.41) is 0.849. The van der Waals surface area contributed by atoms with Crippen LogP contribution in [0.3, 0.4) is 0 Å². The van der Waals surface area contributed by atoms with E-state index < -0.39 is 0 Å². The topological polar surface area (TPSA) is 60.9 Å². The van der Waals surface area contributed by atoms with Gasteiger partial charge in [-0.2, -0.15) is 0 Å². The van der Waals surface area contributed by atoms with Gasteiger partial charge in [0.2, 0.25) is 0 Å². The molecule has 1 saturated carbocycles. The molecule has 0 aromatic carbocycles. The smallest absolute Gasteiger partial charge is 0.197 e. The highest BCUT2D eigenvalue weighted by Gasteiger charge is 2.27. The van der Waals surface area contributed by atoms with Crippen molar-refractivity contribution in [2.24, 2.45) is 0 Å². The summed E-state index contributed by atoms with van der Waals surface area (Å²) in [4.78, 5) is 20.3. The van der Waals surface area contributed by atoms with Gasteiger partial charge in [0.1, 0.15) is 5.65 Å². The van der Waals surface area contributed by atoms with E-state index in [-0.39, 0.29) is 0 Å². The van der Waals surface area contributed by atoms with Gasteiger partial charge in [0.15, 0.2) is 17.9 Å². The molecule has 0 spiro atoms. The van der Waals surface area contributed by atoms with Crippen LogP contribution in [-0.4, -0.2) is 20.8 Å². The zero-order chi connectivity index (χ0) is 13.7. The van der Waals surface area contributed by atoms with Gasteiger partial charge in [-0.15, -0.1) is 0 Å². The summed E-state index contributed by atoms with van der Waals surface area (Å²) in [7, 11) is 0. The quantitative estimate of drug-likeness (QED) is 0.684. The van der Waals surface area contributed by atoms with Gasteiger partial charge in [-0.25, -0.2) is 9.97 Å². The molecule has 4 rings (SSSR count). The van der Waals surface area contributed by atoms with Gasteiger partial charge in [-0.3, -0.25) is 4.79 Å². The minimum Gasteiger partial charge on any atom is -0.461 e. The van der Waals surface area contributed by atoms with Gasteiger partial charge in [0.25, 0.3) is 0 Å². The number of rotatable bonds is 3. The molecule has 1 fully saturated rings. The number of nitrogens with zero attached hydrogens (tertiary/aromatic N) is 3. The van der Waals surface area contributed by atoms with E-state index in [2.05, 4.69) is 14.5 Å². The van der Waals surface area contributed by atoms with Crippen molar-refractivity contribution in [3.05, 3.63) is 35.9 Å². The first-order chi connectivity index (χ1) is 9.78. The van der Waals surface area contributed by atoms with Crippen molar-refractivity contribution in [3.63, 3.8) is 0 Å². The normalized spacial score (nSPS) is 14.8. The standard InChI is InChI=1S/C15H13N3O2/c1-9-13-10(8-19)7-18(11-4-5-11)15(13)17-14(16-9)12-3-2-6-20-12/h2-3,6-8,11H,4-5H2,1H3. The molecule has 0 unspecified atom stereocenters. The molecule has 0 saturated heterocycles. The van der Waals surface area contributed by atoms with E-state index in [1.165, 1.54) is 0 Å². The Hall–Kier alpha value is -2.43. The molecular formula is C15H13N3O2. The number of hydrogen-bond acceptors (Lipinski definition) is 4. The summed E-state index contributed by atoms with van der Waals surface area (Å²) >= 11 is 0. The lowest BCUT2D eigenvalue weighted by molar-refractivity contribution is 0.112. The molecular weight excluding hydrogens is 254 g/mol. The first-order valence-corrected chi connectivity index (χ1v) is 6.66. The summed E-state index contributed by atoms with van der Waals surface area (Å²) in [6, 6.07) is 4.12. The van der Waals surface area contributed by atoms with Crippen LogP contribution in [0.5, 0.6) is 0 Å². The maximum absolute atomic E-state index is 11.3. The SMILES string of the molecule is Cc1nc(-c2ccco2)nc2c1c(C=O)cn2C1CC1. The molecule has 3 aromatic rings. The van der Waals surface area contributed by atoms with Crippen molar-refractivity contribution < 1.29 is 9.21 Å². The van der Waals surface area contributed by atoms with Crippen LogP contribution in [0.4, 0.5) is 0 Å². The van der Waals surface area contributed by atoms with Gasteiger partial charge in [-0.05, 0) is 31.9 Å². The Bertz CT molecular complexity index is 798. The number of aromatic nitrogens is 3. The highest BCUT2D eigenvalue weighted by Crippen LogP contribution is 2.39. The molecule has 0 bridgehead atoms. The number of fused-ring (bicyclic) bond motifs is 1. The number of aldehydes is 1. The summed E-state index contributed by atoms with van der Waals surface area (Å²) in [5.41, 5.74) is 2.30. The molecule has 0 amide bonds. The first-order valence-electron chi connectivity index (χ1n) is 6.66. The lowest BCUT2D eigenvalue weighted by Crippen LogP contribution is -1.98. The van der Waals surface area contributed by atoms with Crippen LogP contribution >= 0.6 is 0 Å². The fraction of sp³-hybridized carbons (Fsp3) is 0.267. The van der Waals surface area contributed by atoms with Crippen LogP contribution in [0, 0.1) is 6.92 Å². The lowest BCUT2D eigenvalue weighted by Gasteiger charge is -2.04. The minimum absolute atomic E-state index is 0.463. The number of furan rings is 1. The maximum Gasteiger partial charge on any atom is 0.197 e. The molecule has 0 atom stereocenters. The molecule has 3 aromatic heterocycles. The van der Waals surface area contributed by atoms with Crippen molar-refractivity contribution >= 4 is 17.3 Å². The average Bonchev–Trinajstić information content (AvgIpc) is 3.02. The Balaban J connectivity index is 2.02. The molecule has 0 radical (unpaired) electrons. The Morgan fingerprint density at radius 3 is 2.90 bits per heavy atom. The van der Waals surface area contributed by atoms with E-state index >= 15 is 0 Å². The highest BCUT2D eigenvalue weighted by atomic mass is 16.3. The Kier molecular flexibility index (Phi) is 2.30. The Morgan fingerprint density at radius 2 is 2.25 bits per heavy atom. The van der Waals surface area contributed by atoms with Crippen LogP contribution in [0.1, 0.15) is 34.9 Å². The van der Waals surface area contributed by atoms with Crippen molar-refractivity contribution in [1.29, 1.82) is 0 Å². The highest BCUT2D eigenvalue weighted by molar-refractivity contribution is 5.98. The third kappa shape index (κ3) is 1.59. The summed E-state index contributed by atoms with van der Waals surface area (Å²) in [5.74, 6) is 1.21. The van der Waals surface area contributed by atoms with E-state index in [1.807, 2.05) is 25.3 Å². The molecule has 1 aliphatic rings. The molecule has 0 N–H and O–H groups in total. The van der Waals surface area contributed by atoms with E-state index in [0.717, 1.165) is 35.9 Å². The van der Waals surface area contributed by atoms with Crippen molar-refractivity contribution in [1.82, 2.24) is 14.5 Å². The Labute approximate surface area is 115 Å².